The van der Waals surface area contributed by atoms with Crippen LogP contribution < -0.4 is 15.8 Å². The number of benzene rings is 1. The predicted octanol–water partition coefficient (Wildman–Crippen LogP) is 1.10. The first kappa shape index (κ1) is 8.62. The van der Waals surface area contributed by atoms with Gasteiger partial charge in [-0.05, 0) is 12.1 Å². The summed E-state index contributed by atoms with van der Waals surface area (Å²) in [6.07, 6.45) is 2.95. The zero-order valence-corrected chi connectivity index (χ0v) is 7.82. The van der Waals surface area contributed by atoms with Crippen molar-refractivity contribution in [2.24, 2.45) is 0 Å². The largest absolute Gasteiger partial charge is 0.619 e. The summed E-state index contributed by atoms with van der Waals surface area (Å²) in [5.41, 5.74) is 7.37. The van der Waals surface area contributed by atoms with Gasteiger partial charge in [-0.15, -0.1) is 0 Å². The predicted molar refractivity (Wildman–Crippen MR) is 56.9 cm³/mol. The number of anilines is 2. The van der Waals surface area contributed by atoms with E-state index in [1.807, 2.05) is 19.2 Å². The molecule has 0 spiro atoms. The number of fused-ring (bicyclic) bond motifs is 1. The van der Waals surface area contributed by atoms with E-state index in [9.17, 15) is 5.21 Å². The molecule has 0 saturated carbocycles. The van der Waals surface area contributed by atoms with E-state index in [0.717, 1.165) is 21.2 Å². The zero-order chi connectivity index (χ0) is 10.1. The molecule has 4 heteroatoms. The van der Waals surface area contributed by atoms with Gasteiger partial charge in [0, 0.05) is 29.9 Å². The first-order chi connectivity index (χ1) is 6.72. The van der Waals surface area contributed by atoms with Crippen molar-refractivity contribution in [3.63, 3.8) is 0 Å². The van der Waals surface area contributed by atoms with E-state index in [1.54, 1.807) is 6.07 Å². The van der Waals surface area contributed by atoms with E-state index in [2.05, 4.69) is 5.32 Å². The minimum atomic E-state index is 0.680. The molecule has 14 heavy (non-hydrogen) atoms. The van der Waals surface area contributed by atoms with E-state index >= 15 is 0 Å². The molecule has 3 N–H and O–H groups in total. The number of hydrogen-bond acceptors (Lipinski definition) is 3. The number of nitrogens with two attached hydrogens (primary N) is 1. The summed E-state index contributed by atoms with van der Waals surface area (Å²) in [4.78, 5) is 0. The summed E-state index contributed by atoms with van der Waals surface area (Å²) >= 11 is 0. The number of rotatable bonds is 1. The molecule has 0 fully saturated rings. The van der Waals surface area contributed by atoms with E-state index in [1.165, 1.54) is 12.4 Å². The Labute approximate surface area is 81.5 Å². The Bertz CT molecular complexity index is 482. The summed E-state index contributed by atoms with van der Waals surface area (Å²) in [5, 5.41) is 15.9. The summed E-state index contributed by atoms with van der Waals surface area (Å²) in [5.74, 6) is 0. The molecule has 0 amide bonds. The van der Waals surface area contributed by atoms with Crippen LogP contribution in [0.15, 0.2) is 30.6 Å². The smallest absolute Gasteiger partial charge is 0.190 e. The molecular weight excluding hydrogens is 178 g/mol. The van der Waals surface area contributed by atoms with Crippen LogP contribution in [0.5, 0.6) is 0 Å². The highest BCUT2D eigenvalue weighted by atomic mass is 16.5. The van der Waals surface area contributed by atoms with Crippen molar-refractivity contribution in [2.75, 3.05) is 18.1 Å². The normalized spacial score (nSPS) is 10.4. The van der Waals surface area contributed by atoms with Crippen molar-refractivity contribution in [1.29, 1.82) is 0 Å². The van der Waals surface area contributed by atoms with E-state index in [4.69, 9.17) is 5.73 Å². The lowest BCUT2D eigenvalue weighted by molar-refractivity contribution is -0.603. The van der Waals surface area contributed by atoms with Crippen LogP contribution in [0.3, 0.4) is 0 Å². The molecule has 0 atom stereocenters. The first-order valence-electron chi connectivity index (χ1n) is 4.31. The number of aromatic nitrogens is 1. The molecular formula is C10H11N3O. The van der Waals surface area contributed by atoms with Gasteiger partial charge in [0.15, 0.2) is 12.4 Å². The average Bonchev–Trinajstić information content (AvgIpc) is 2.18. The van der Waals surface area contributed by atoms with Crippen LogP contribution in [0, 0.1) is 5.21 Å². The van der Waals surface area contributed by atoms with Crippen LogP contribution in [-0.4, -0.2) is 7.05 Å². The Morgan fingerprint density at radius 3 is 2.79 bits per heavy atom. The zero-order valence-electron chi connectivity index (χ0n) is 7.82. The van der Waals surface area contributed by atoms with Crippen LogP contribution in [0.4, 0.5) is 11.4 Å². The standard InChI is InChI=1S/C10H11N3O/c1-12-10-3-2-9(11)7-4-5-13(14)6-8(7)10/h2-6,12H,11H2,1H3. The van der Waals surface area contributed by atoms with Crippen molar-refractivity contribution in [2.45, 2.75) is 0 Å². The monoisotopic (exact) mass is 189 g/mol. The molecule has 1 aromatic heterocycles. The highest BCUT2D eigenvalue weighted by molar-refractivity contribution is 5.99. The maximum absolute atomic E-state index is 11.1. The Balaban J connectivity index is 2.85. The lowest BCUT2D eigenvalue weighted by Gasteiger charge is -2.07. The van der Waals surface area contributed by atoms with Crippen molar-refractivity contribution >= 4 is 22.1 Å². The van der Waals surface area contributed by atoms with Gasteiger partial charge in [-0.1, -0.05) is 0 Å². The molecule has 0 radical (unpaired) electrons. The fourth-order valence-corrected chi connectivity index (χ4v) is 1.51. The quantitative estimate of drug-likeness (QED) is 0.401. The molecule has 1 aromatic carbocycles. The molecule has 0 bridgehead atoms. The number of nitrogens with zero attached hydrogens (tertiary/aromatic N) is 1. The van der Waals surface area contributed by atoms with E-state index in [-0.39, 0.29) is 0 Å². The summed E-state index contributed by atoms with van der Waals surface area (Å²) in [7, 11) is 1.81. The molecule has 0 saturated heterocycles. The minimum absolute atomic E-state index is 0.680. The van der Waals surface area contributed by atoms with Gasteiger partial charge in [0.25, 0.3) is 0 Å². The van der Waals surface area contributed by atoms with Crippen LogP contribution >= 0.6 is 0 Å². The SMILES string of the molecule is CNc1ccc(N)c2cc[n+]([O-])cc12. The second kappa shape index (κ2) is 3.06. The molecule has 0 aliphatic rings. The second-order valence-electron chi connectivity index (χ2n) is 3.08. The first-order valence-corrected chi connectivity index (χ1v) is 4.31. The third-order valence-electron chi connectivity index (χ3n) is 2.23. The van der Waals surface area contributed by atoms with E-state index < -0.39 is 0 Å². The van der Waals surface area contributed by atoms with Gasteiger partial charge in [-0.3, -0.25) is 0 Å². The Kier molecular flexibility index (Phi) is 1.89. The van der Waals surface area contributed by atoms with Crippen molar-refractivity contribution in [1.82, 2.24) is 0 Å². The maximum Gasteiger partial charge on any atom is 0.190 e. The van der Waals surface area contributed by atoms with Gasteiger partial charge in [0.2, 0.25) is 0 Å². The topological polar surface area (TPSA) is 65.0 Å². The second-order valence-corrected chi connectivity index (χ2v) is 3.08. The fraction of sp³-hybridized carbons (Fsp3) is 0.100. The number of pyridine rings is 1. The molecule has 0 unspecified atom stereocenters. The minimum Gasteiger partial charge on any atom is -0.619 e. The van der Waals surface area contributed by atoms with Gasteiger partial charge in [0.05, 0.1) is 5.39 Å². The molecule has 2 rings (SSSR count). The summed E-state index contributed by atoms with van der Waals surface area (Å²) < 4.78 is 0.766. The molecule has 0 aliphatic carbocycles. The number of hydrogen-bond donors (Lipinski definition) is 2. The van der Waals surface area contributed by atoms with Crippen molar-refractivity contribution in [3.8, 4) is 0 Å². The third kappa shape index (κ3) is 1.21. The lowest BCUT2D eigenvalue weighted by atomic mass is 10.1. The maximum atomic E-state index is 11.1. The highest BCUT2D eigenvalue weighted by Crippen LogP contribution is 2.26. The van der Waals surface area contributed by atoms with Gasteiger partial charge in [0.1, 0.15) is 0 Å². The Morgan fingerprint density at radius 1 is 1.29 bits per heavy atom. The summed E-state index contributed by atoms with van der Waals surface area (Å²) in [6.45, 7) is 0. The van der Waals surface area contributed by atoms with Gasteiger partial charge >= 0.3 is 0 Å². The van der Waals surface area contributed by atoms with Crippen LogP contribution in [0.2, 0.25) is 0 Å². The Morgan fingerprint density at radius 2 is 2.07 bits per heavy atom. The Hall–Kier alpha value is -1.97. The fourth-order valence-electron chi connectivity index (χ4n) is 1.51. The van der Waals surface area contributed by atoms with Crippen molar-refractivity contribution in [3.05, 3.63) is 35.8 Å². The number of nitrogen functional groups attached to an aromatic ring is 1. The molecule has 4 nitrogen and oxygen atoms in total. The average molecular weight is 189 g/mol. The molecule has 2 aromatic rings. The highest BCUT2D eigenvalue weighted by Gasteiger charge is 2.05. The van der Waals surface area contributed by atoms with Gasteiger partial charge in [-0.25, -0.2) is 0 Å². The van der Waals surface area contributed by atoms with Crippen molar-refractivity contribution < 1.29 is 4.73 Å². The third-order valence-corrected chi connectivity index (χ3v) is 2.23. The lowest BCUT2D eigenvalue weighted by Crippen LogP contribution is -2.24. The number of nitrogens with one attached hydrogen (secondary N) is 1. The van der Waals surface area contributed by atoms with Crippen LogP contribution in [0.1, 0.15) is 0 Å². The van der Waals surface area contributed by atoms with E-state index in [0.29, 0.717) is 5.69 Å². The van der Waals surface area contributed by atoms with Crippen LogP contribution in [-0.2, 0) is 0 Å². The van der Waals surface area contributed by atoms with Gasteiger partial charge < -0.3 is 16.3 Å². The summed E-state index contributed by atoms with van der Waals surface area (Å²) in [6, 6.07) is 5.40. The van der Waals surface area contributed by atoms with Crippen LogP contribution in [0.25, 0.3) is 10.8 Å². The molecule has 1 heterocycles. The molecule has 72 valence electrons. The molecule has 0 aliphatic heterocycles. The van der Waals surface area contributed by atoms with Gasteiger partial charge in [-0.2, -0.15) is 4.73 Å².